The van der Waals surface area contributed by atoms with E-state index in [4.69, 9.17) is 4.74 Å². The molecule has 0 radical (unpaired) electrons. The molecular weight excluding hydrogens is 292 g/mol. The third-order valence-corrected chi connectivity index (χ3v) is 4.09. The maximum absolute atomic E-state index is 10.1. The van der Waals surface area contributed by atoms with Crippen LogP contribution < -0.4 is 10.1 Å². The average Bonchev–Trinajstić information content (AvgIpc) is 2.81. The van der Waals surface area contributed by atoms with Crippen LogP contribution in [0.1, 0.15) is 31.5 Å². The summed E-state index contributed by atoms with van der Waals surface area (Å²) in [5.41, 5.74) is 1.91. The number of hydrogen-bond donors (Lipinski definition) is 2. The third kappa shape index (κ3) is 4.53. The Kier molecular flexibility index (Phi) is 6.12. The molecule has 0 aliphatic rings. The number of aliphatic hydroxyl groups is 1. The molecular formula is C17H26N4O2. The maximum Gasteiger partial charge on any atom is 0.222 e. The van der Waals surface area contributed by atoms with E-state index in [0.717, 1.165) is 17.7 Å². The molecule has 0 saturated heterocycles. The first kappa shape index (κ1) is 17.4. The molecule has 2 aromatic heterocycles. The second kappa shape index (κ2) is 8.08. The SMILES string of the molecule is CCC(C)C(O)CNCc1c(C)nn(C)c1Oc1cccnc1. The van der Waals surface area contributed by atoms with Gasteiger partial charge in [0.1, 0.15) is 5.75 Å². The Morgan fingerprint density at radius 3 is 2.87 bits per heavy atom. The molecule has 0 aliphatic heterocycles. The summed E-state index contributed by atoms with van der Waals surface area (Å²) in [5, 5.41) is 17.8. The van der Waals surface area contributed by atoms with Crippen molar-refractivity contribution in [3.8, 4) is 11.6 Å². The van der Waals surface area contributed by atoms with Crippen LogP contribution in [0.4, 0.5) is 0 Å². The number of rotatable bonds is 8. The van der Waals surface area contributed by atoms with Crippen LogP contribution in [0.5, 0.6) is 11.6 Å². The minimum atomic E-state index is -0.348. The predicted octanol–water partition coefficient (Wildman–Crippen LogP) is 2.41. The number of aliphatic hydroxyl groups excluding tert-OH is 1. The van der Waals surface area contributed by atoms with E-state index in [2.05, 4.69) is 29.2 Å². The summed E-state index contributed by atoms with van der Waals surface area (Å²) in [6, 6.07) is 3.69. The van der Waals surface area contributed by atoms with E-state index < -0.39 is 0 Å². The van der Waals surface area contributed by atoms with Crippen molar-refractivity contribution in [3.63, 3.8) is 0 Å². The molecule has 2 N–H and O–H groups in total. The van der Waals surface area contributed by atoms with Gasteiger partial charge in [0.2, 0.25) is 5.88 Å². The largest absolute Gasteiger partial charge is 0.437 e. The molecule has 2 heterocycles. The van der Waals surface area contributed by atoms with E-state index in [9.17, 15) is 5.11 Å². The molecule has 2 unspecified atom stereocenters. The zero-order valence-corrected chi connectivity index (χ0v) is 14.3. The lowest BCUT2D eigenvalue weighted by Gasteiger charge is -2.17. The standard InChI is InChI=1S/C17H26N4O2/c1-5-12(2)16(22)11-19-10-15-13(3)20-21(4)17(15)23-14-7-6-8-18-9-14/h6-9,12,16,19,22H,5,10-11H2,1-4H3. The minimum absolute atomic E-state index is 0.281. The van der Waals surface area contributed by atoms with Crippen molar-refractivity contribution in [2.45, 2.75) is 39.8 Å². The van der Waals surface area contributed by atoms with E-state index in [-0.39, 0.29) is 12.0 Å². The van der Waals surface area contributed by atoms with Gasteiger partial charge in [-0.3, -0.25) is 4.98 Å². The summed E-state index contributed by atoms with van der Waals surface area (Å²) in [6.07, 6.45) is 4.00. The Labute approximate surface area is 137 Å². The fourth-order valence-electron chi connectivity index (χ4n) is 2.35. The van der Waals surface area contributed by atoms with Crippen molar-refractivity contribution in [1.82, 2.24) is 20.1 Å². The molecule has 0 spiro atoms. The van der Waals surface area contributed by atoms with E-state index in [0.29, 0.717) is 24.7 Å². The molecule has 0 fully saturated rings. The Bertz CT molecular complexity index is 613. The van der Waals surface area contributed by atoms with Gasteiger partial charge in [-0.15, -0.1) is 0 Å². The molecule has 0 aliphatic carbocycles. The molecule has 23 heavy (non-hydrogen) atoms. The van der Waals surface area contributed by atoms with Crippen LogP contribution in [-0.2, 0) is 13.6 Å². The van der Waals surface area contributed by atoms with Gasteiger partial charge in [-0.25, -0.2) is 4.68 Å². The average molecular weight is 318 g/mol. The van der Waals surface area contributed by atoms with Gasteiger partial charge in [-0.2, -0.15) is 5.10 Å². The molecule has 2 atom stereocenters. The molecule has 0 saturated carbocycles. The lowest BCUT2D eigenvalue weighted by molar-refractivity contribution is 0.112. The zero-order chi connectivity index (χ0) is 16.8. The highest BCUT2D eigenvalue weighted by atomic mass is 16.5. The molecule has 2 aromatic rings. The summed E-state index contributed by atoms with van der Waals surface area (Å²) in [6.45, 7) is 7.24. The monoisotopic (exact) mass is 318 g/mol. The van der Waals surface area contributed by atoms with Gasteiger partial charge in [0.25, 0.3) is 0 Å². The number of ether oxygens (including phenoxy) is 1. The first-order valence-electron chi connectivity index (χ1n) is 8.02. The van der Waals surface area contributed by atoms with Crippen molar-refractivity contribution in [3.05, 3.63) is 35.8 Å². The highest BCUT2D eigenvalue weighted by Crippen LogP contribution is 2.26. The van der Waals surface area contributed by atoms with Crippen molar-refractivity contribution in [2.24, 2.45) is 13.0 Å². The van der Waals surface area contributed by atoms with Gasteiger partial charge in [0.15, 0.2) is 0 Å². The van der Waals surface area contributed by atoms with Gasteiger partial charge in [0, 0.05) is 26.3 Å². The van der Waals surface area contributed by atoms with Crippen LogP contribution >= 0.6 is 0 Å². The first-order chi connectivity index (χ1) is 11.0. The Hall–Kier alpha value is -1.92. The second-order valence-electron chi connectivity index (χ2n) is 5.87. The van der Waals surface area contributed by atoms with Gasteiger partial charge < -0.3 is 15.2 Å². The van der Waals surface area contributed by atoms with Gasteiger partial charge in [-0.05, 0) is 25.0 Å². The van der Waals surface area contributed by atoms with Gasteiger partial charge in [0.05, 0.1) is 23.6 Å². The number of nitrogens with zero attached hydrogens (tertiary/aromatic N) is 3. The number of aromatic nitrogens is 3. The molecule has 2 rings (SSSR count). The van der Waals surface area contributed by atoms with Crippen LogP contribution in [0.15, 0.2) is 24.5 Å². The summed E-state index contributed by atoms with van der Waals surface area (Å²) >= 11 is 0. The smallest absolute Gasteiger partial charge is 0.222 e. The molecule has 0 aromatic carbocycles. The van der Waals surface area contributed by atoms with E-state index in [1.54, 1.807) is 17.1 Å². The predicted molar refractivity (Wildman–Crippen MR) is 89.4 cm³/mol. The molecule has 0 bridgehead atoms. The van der Waals surface area contributed by atoms with Crippen molar-refractivity contribution < 1.29 is 9.84 Å². The van der Waals surface area contributed by atoms with E-state index in [1.807, 2.05) is 26.1 Å². The minimum Gasteiger partial charge on any atom is -0.437 e. The molecule has 0 amide bonds. The fourth-order valence-corrected chi connectivity index (χ4v) is 2.35. The van der Waals surface area contributed by atoms with Crippen LogP contribution in [0.2, 0.25) is 0 Å². The Morgan fingerprint density at radius 1 is 1.43 bits per heavy atom. The Balaban J connectivity index is 2.04. The van der Waals surface area contributed by atoms with Crippen LogP contribution in [0.3, 0.4) is 0 Å². The third-order valence-electron chi connectivity index (χ3n) is 4.09. The van der Waals surface area contributed by atoms with E-state index in [1.165, 1.54) is 0 Å². The Morgan fingerprint density at radius 2 is 2.22 bits per heavy atom. The summed E-state index contributed by atoms with van der Waals surface area (Å²) in [4.78, 5) is 4.06. The summed E-state index contributed by atoms with van der Waals surface area (Å²) < 4.78 is 7.65. The zero-order valence-electron chi connectivity index (χ0n) is 14.3. The number of pyridine rings is 1. The number of nitrogens with one attached hydrogen (secondary N) is 1. The lowest BCUT2D eigenvalue weighted by Crippen LogP contribution is -2.31. The van der Waals surface area contributed by atoms with Gasteiger partial charge in [-0.1, -0.05) is 20.3 Å². The summed E-state index contributed by atoms with van der Waals surface area (Å²) in [7, 11) is 1.86. The van der Waals surface area contributed by atoms with Crippen LogP contribution in [-0.4, -0.2) is 32.5 Å². The number of aryl methyl sites for hydroxylation is 2. The van der Waals surface area contributed by atoms with E-state index >= 15 is 0 Å². The van der Waals surface area contributed by atoms with Crippen molar-refractivity contribution in [2.75, 3.05) is 6.54 Å². The molecule has 126 valence electrons. The molecule has 6 nitrogen and oxygen atoms in total. The van der Waals surface area contributed by atoms with Crippen molar-refractivity contribution >= 4 is 0 Å². The quantitative estimate of drug-likeness (QED) is 0.782. The van der Waals surface area contributed by atoms with Crippen molar-refractivity contribution in [1.29, 1.82) is 0 Å². The highest BCUT2D eigenvalue weighted by Gasteiger charge is 2.17. The summed E-state index contributed by atoms with van der Waals surface area (Å²) in [5.74, 6) is 1.65. The fraction of sp³-hybridized carbons (Fsp3) is 0.529. The number of hydrogen-bond acceptors (Lipinski definition) is 5. The van der Waals surface area contributed by atoms with Crippen LogP contribution in [0.25, 0.3) is 0 Å². The molecule has 6 heteroatoms. The second-order valence-corrected chi connectivity index (χ2v) is 5.87. The first-order valence-corrected chi connectivity index (χ1v) is 8.02. The highest BCUT2D eigenvalue weighted by molar-refractivity contribution is 5.34. The normalized spacial score (nSPS) is 13.8. The lowest BCUT2D eigenvalue weighted by atomic mass is 10.0. The van der Waals surface area contributed by atoms with Crippen LogP contribution in [0, 0.1) is 12.8 Å². The van der Waals surface area contributed by atoms with Gasteiger partial charge >= 0.3 is 0 Å². The topological polar surface area (TPSA) is 72.2 Å². The maximum atomic E-state index is 10.1.